The summed E-state index contributed by atoms with van der Waals surface area (Å²) in [6, 6.07) is 11.1. The Morgan fingerprint density at radius 1 is 0.583 bits per heavy atom. The Balaban J connectivity index is 0.000000240. The molecule has 8 N–H and O–H groups in total. The molecule has 0 spiro atoms. The second kappa shape index (κ2) is 10.4. The Morgan fingerprint density at radius 3 is 1.12 bits per heavy atom. The molecule has 6 nitrogen and oxygen atoms in total. The number of hydrogen-bond acceptors (Lipinski definition) is 6. The van der Waals surface area contributed by atoms with E-state index >= 15 is 0 Å². The van der Waals surface area contributed by atoms with Gasteiger partial charge in [-0.25, -0.2) is 0 Å². The lowest BCUT2D eigenvalue weighted by atomic mass is 10.1. The zero-order valence-electron chi connectivity index (χ0n) is 14.4. The lowest BCUT2D eigenvalue weighted by Crippen LogP contribution is -1.97. The molecule has 6 heteroatoms. The number of anilines is 4. The van der Waals surface area contributed by atoms with Crippen LogP contribution in [0.1, 0.15) is 11.1 Å². The van der Waals surface area contributed by atoms with Crippen molar-refractivity contribution in [2.45, 2.75) is 12.8 Å². The normalized spacial score (nSPS) is 10.1. The van der Waals surface area contributed by atoms with Crippen LogP contribution in [0.5, 0.6) is 0 Å². The third kappa shape index (κ3) is 7.71. The molecule has 0 amide bonds. The van der Waals surface area contributed by atoms with Gasteiger partial charge in [-0.2, -0.15) is 0 Å². The van der Waals surface area contributed by atoms with E-state index < -0.39 is 0 Å². The Hall–Kier alpha value is -2.44. The Bertz CT molecular complexity index is 536. The summed E-state index contributed by atoms with van der Waals surface area (Å²) >= 11 is 0. The largest absolute Gasteiger partial charge is 0.399 e. The molecule has 0 heterocycles. The van der Waals surface area contributed by atoms with E-state index in [0.717, 1.165) is 24.0 Å². The van der Waals surface area contributed by atoms with E-state index in [1.54, 1.807) is 26.4 Å². The van der Waals surface area contributed by atoms with E-state index in [1.807, 2.05) is 24.3 Å². The quantitative estimate of drug-likeness (QED) is 0.601. The number of nitrogen functional groups attached to an aromatic ring is 4. The summed E-state index contributed by atoms with van der Waals surface area (Å²) in [4.78, 5) is 0. The standard InChI is InChI=1S/2C9H14N2O/c2*1-12-3-2-7-4-8(10)6-9(11)5-7/h2*4-6H,2-3,10-11H2,1H3. The van der Waals surface area contributed by atoms with Crippen molar-refractivity contribution >= 4 is 22.7 Å². The van der Waals surface area contributed by atoms with Crippen LogP contribution in [0.15, 0.2) is 36.4 Å². The first-order valence-corrected chi connectivity index (χ1v) is 7.72. The van der Waals surface area contributed by atoms with Crippen LogP contribution in [0.2, 0.25) is 0 Å². The fourth-order valence-electron chi connectivity index (χ4n) is 2.22. The van der Waals surface area contributed by atoms with E-state index in [-0.39, 0.29) is 0 Å². The van der Waals surface area contributed by atoms with Gasteiger partial charge in [0.05, 0.1) is 13.2 Å². The maximum Gasteiger partial charge on any atom is 0.0502 e. The number of benzene rings is 2. The van der Waals surface area contributed by atoms with Crippen LogP contribution in [0.4, 0.5) is 22.7 Å². The van der Waals surface area contributed by atoms with Gasteiger partial charge in [-0.1, -0.05) is 0 Å². The molecule has 0 saturated heterocycles. The van der Waals surface area contributed by atoms with Crippen LogP contribution in [0.3, 0.4) is 0 Å². The highest BCUT2D eigenvalue weighted by Crippen LogP contribution is 2.14. The first-order chi connectivity index (χ1) is 11.4. The average molecular weight is 332 g/mol. The molecule has 0 aliphatic carbocycles. The van der Waals surface area contributed by atoms with Crippen molar-refractivity contribution in [3.63, 3.8) is 0 Å². The smallest absolute Gasteiger partial charge is 0.0502 e. The van der Waals surface area contributed by atoms with Crippen LogP contribution >= 0.6 is 0 Å². The van der Waals surface area contributed by atoms with Gasteiger partial charge < -0.3 is 32.4 Å². The monoisotopic (exact) mass is 332 g/mol. The molecule has 0 bridgehead atoms. The summed E-state index contributed by atoms with van der Waals surface area (Å²) in [6.45, 7) is 1.39. The molecule has 0 fully saturated rings. The second-order valence-electron chi connectivity index (χ2n) is 5.50. The minimum absolute atomic E-state index is 0.697. The van der Waals surface area contributed by atoms with E-state index in [0.29, 0.717) is 36.0 Å². The number of ether oxygens (including phenoxy) is 2. The van der Waals surface area contributed by atoms with Crippen LogP contribution in [0, 0.1) is 0 Å². The van der Waals surface area contributed by atoms with Gasteiger partial charge in [-0.05, 0) is 60.4 Å². The van der Waals surface area contributed by atoms with E-state index in [4.69, 9.17) is 32.4 Å². The molecule has 2 rings (SSSR count). The van der Waals surface area contributed by atoms with Crippen LogP contribution in [0.25, 0.3) is 0 Å². The lowest BCUT2D eigenvalue weighted by Gasteiger charge is -2.03. The number of nitrogens with two attached hydrogens (primary N) is 4. The van der Waals surface area contributed by atoms with Gasteiger partial charge >= 0.3 is 0 Å². The third-order valence-corrected chi connectivity index (χ3v) is 3.26. The molecule has 0 aliphatic heterocycles. The summed E-state index contributed by atoms with van der Waals surface area (Å²) in [5.74, 6) is 0. The predicted octanol–water partition coefficient (Wildman–Crippen LogP) is 2.08. The van der Waals surface area contributed by atoms with Crippen molar-refractivity contribution in [2.24, 2.45) is 0 Å². The van der Waals surface area contributed by atoms with Gasteiger partial charge in [0.1, 0.15) is 0 Å². The summed E-state index contributed by atoms with van der Waals surface area (Å²) in [6.07, 6.45) is 1.71. The second-order valence-corrected chi connectivity index (χ2v) is 5.50. The SMILES string of the molecule is COCCc1cc(N)cc(N)c1.COCCc1cc(N)cc(N)c1. The maximum atomic E-state index is 5.61. The van der Waals surface area contributed by atoms with Gasteiger partial charge in [0, 0.05) is 37.0 Å². The van der Waals surface area contributed by atoms with Gasteiger partial charge in [0.2, 0.25) is 0 Å². The molecular formula is C18H28N4O2. The Morgan fingerprint density at radius 2 is 0.875 bits per heavy atom. The number of hydrogen-bond donors (Lipinski definition) is 4. The minimum Gasteiger partial charge on any atom is -0.399 e. The summed E-state index contributed by atoms with van der Waals surface area (Å²) in [7, 11) is 3.35. The molecule has 0 saturated carbocycles. The van der Waals surface area contributed by atoms with Crippen LogP contribution in [-0.4, -0.2) is 27.4 Å². The summed E-state index contributed by atoms with van der Waals surface area (Å²) in [5.41, 5.74) is 27.5. The molecule has 0 atom stereocenters. The van der Waals surface area contributed by atoms with Gasteiger partial charge in [-0.3, -0.25) is 0 Å². The number of rotatable bonds is 6. The van der Waals surface area contributed by atoms with Crippen molar-refractivity contribution in [1.29, 1.82) is 0 Å². The predicted molar refractivity (Wildman–Crippen MR) is 102 cm³/mol. The highest BCUT2D eigenvalue weighted by molar-refractivity contribution is 5.55. The van der Waals surface area contributed by atoms with E-state index in [2.05, 4.69) is 0 Å². The van der Waals surface area contributed by atoms with Crippen molar-refractivity contribution in [3.8, 4) is 0 Å². The minimum atomic E-state index is 0.697. The molecule has 24 heavy (non-hydrogen) atoms. The zero-order valence-corrected chi connectivity index (χ0v) is 14.4. The Labute approximate surface area is 143 Å². The molecule has 0 unspecified atom stereocenters. The summed E-state index contributed by atoms with van der Waals surface area (Å²) in [5, 5.41) is 0. The molecule has 0 radical (unpaired) electrons. The molecule has 132 valence electrons. The highest BCUT2D eigenvalue weighted by atomic mass is 16.5. The van der Waals surface area contributed by atoms with Gasteiger partial charge in [0.25, 0.3) is 0 Å². The zero-order chi connectivity index (χ0) is 17.9. The van der Waals surface area contributed by atoms with E-state index in [1.165, 1.54) is 0 Å². The fourth-order valence-corrected chi connectivity index (χ4v) is 2.22. The Kier molecular flexibility index (Phi) is 8.46. The fraction of sp³-hybridized carbons (Fsp3) is 0.333. The molecule has 0 aliphatic rings. The van der Waals surface area contributed by atoms with Gasteiger partial charge in [-0.15, -0.1) is 0 Å². The third-order valence-electron chi connectivity index (χ3n) is 3.26. The number of methoxy groups -OCH3 is 2. The van der Waals surface area contributed by atoms with Crippen molar-refractivity contribution < 1.29 is 9.47 Å². The van der Waals surface area contributed by atoms with Crippen molar-refractivity contribution in [1.82, 2.24) is 0 Å². The topological polar surface area (TPSA) is 123 Å². The first-order valence-electron chi connectivity index (χ1n) is 7.72. The molecule has 2 aromatic rings. The van der Waals surface area contributed by atoms with E-state index in [9.17, 15) is 0 Å². The molecular weight excluding hydrogens is 304 g/mol. The lowest BCUT2D eigenvalue weighted by molar-refractivity contribution is 0.202. The van der Waals surface area contributed by atoms with Crippen LogP contribution in [-0.2, 0) is 22.3 Å². The highest BCUT2D eigenvalue weighted by Gasteiger charge is 1.96. The van der Waals surface area contributed by atoms with Crippen molar-refractivity contribution in [2.75, 3.05) is 50.4 Å². The average Bonchev–Trinajstić information content (AvgIpc) is 2.50. The summed E-state index contributed by atoms with van der Waals surface area (Å²) < 4.78 is 9.89. The molecule has 2 aromatic carbocycles. The van der Waals surface area contributed by atoms with Crippen molar-refractivity contribution in [3.05, 3.63) is 47.5 Å². The molecule has 0 aromatic heterocycles. The first kappa shape index (κ1) is 19.6. The van der Waals surface area contributed by atoms with Gasteiger partial charge in [0.15, 0.2) is 0 Å². The van der Waals surface area contributed by atoms with Crippen LogP contribution < -0.4 is 22.9 Å². The maximum absolute atomic E-state index is 5.61.